The molecule has 1 aliphatic heterocycles. The van der Waals surface area contributed by atoms with E-state index in [2.05, 4.69) is 24.5 Å². The van der Waals surface area contributed by atoms with Gasteiger partial charge in [0.05, 0.1) is 11.1 Å². The number of piperazine rings is 1. The molecular weight excluding hydrogens is 437 g/mol. The van der Waals surface area contributed by atoms with Crippen molar-refractivity contribution in [1.82, 2.24) is 20.0 Å². The van der Waals surface area contributed by atoms with Crippen LogP contribution in [0.3, 0.4) is 0 Å². The first kappa shape index (κ1) is 22.3. The monoisotopic (exact) mass is 456 g/mol. The molecule has 170 valence electrons. The van der Waals surface area contributed by atoms with Crippen LogP contribution in [-0.2, 0) is 6.18 Å². The molecule has 3 heterocycles. The highest BCUT2D eigenvalue weighted by atomic mass is 19.4. The molecule has 1 fully saturated rings. The summed E-state index contributed by atoms with van der Waals surface area (Å²) < 4.78 is 42.5. The average molecular weight is 456 g/mol. The first-order valence-corrected chi connectivity index (χ1v) is 10.0. The lowest BCUT2D eigenvalue weighted by molar-refractivity contribution is -0.159. The summed E-state index contributed by atoms with van der Waals surface area (Å²) in [7, 11) is 0. The second-order valence-electron chi connectivity index (χ2n) is 8.21. The number of hydrogen-bond donors (Lipinski definition) is 0. The van der Waals surface area contributed by atoms with Crippen molar-refractivity contribution in [3.05, 3.63) is 59.6 Å². The van der Waals surface area contributed by atoms with Crippen molar-refractivity contribution in [1.29, 1.82) is 5.26 Å². The summed E-state index contributed by atoms with van der Waals surface area (Å²) in [4.78, 5) is 24.7. The van der Waals surface area contributed by atoms with Crippen molar-refractivity contribution >= 4 is 11.7 Å². The van der Waals surface area contributed by atoms with Crippen molar-refractivity contribution in [3.8, 4) is 17.5 Å². The molecule has 1 amide bonds. The second kappa shape index (κ2) is 8.20. The summed E-state index contributed by atoms with van der Waals surface area (Å²) in [5.41, 5.74) is 0.586. The third kappa shape index (κ3) is 4.50. The lowest BCUT2D eigenvalue weighted by Gasteiger charge is -2.47. The molecule has 0 bridgehead atoms. The molecule has 8 nitrogen and oxygen atoms in total. The van der Waals surface area contributed by atoms with Gasteiger partial charge in [-0.1, -0.05) is 17.3 Å². The van der Waals surface area contributed by atoms with Crippen LogP contribution in [0, 0.1) is 11.3 Å². The Balaban J connectivity index is 1.52. The van der Waals surface area contributed by atoms with Crippen molar-refractivity contribution < 1.29 is 22.5 Å². The molecule has 1 saturated heterocycles. The normalized spacial score (nSPS) is 15.9. The minimum absolute atomic E-state index is 0.242. The number of aromatic nitrogens is 3. The molecule has 0 unspecified atom stereocenters. The minimum atomic E-state index is -4.74. The van der Waals surface area contributed by atoms with Gasteiger partial charge in [0.1, 0.15) is 11.9 Å². The van der Waals surface area contributed by atoms with Gasteiger partial charge in [-0.3, -0.25) is 4.79 Å². The molecule has 3 aromatic rings. The fourth-order valence-corrected chi connectivity index (χ4v) is 3.79. The fourth-order valence-electron chi connectivity index (χ4n) is 3.79. The molecule has 1 aliphatic rings. The van der Waals surface area contributed by atoms with E-state index in [1.54, 1.807) is 29.2 Å². The predicted molar refractivity (Wildman–Crippen MR) is 111 cm³/mol. The molecule has 1 aromatic carbocycles. The maximum Gasteiger partial charge on any atom is 0.471 e. The maximum absolute atomic E-state index is 13.2. The number of halogens is 3. The van der Waals surface area contributed by atoms with Crippen LogP contribution >= 0.6 is 0 Å². The Kier molecular flexibility index (Phi) is 5.53. The van der Waals surface area contributed by atoms with Gasteiger partial charge in [0, 0.05) is 37.0 Å². The van der Waals surface area contributed by atoms with E-state index in [9.17, 15) is 18.0 Å². The Hall–Kier alpha value is -3.94. The van der Waals surface area contributed by atoms with E-state index in [1.165, 1.54) is 18.3 Å². The van der Waals surface area contributed by atoms with E-state index in [-0.39, 0.29) is 17.3 Å². The summed E-state index contributed by atoms with van der Waals surface area (Å²) in [6.45, 7) is 5.32. The number of carbonyl (C=O) groups is 1. The van der Waals surface area contributed by atoms with E-state index in [1.807, 2.05) is 19.9 Å². The van der Waals surface area contributed by atoms with Crippen LogP contribution in [0.4, 0.5) is 19.0 Å². The Labute approximate surface area is 187 Å². The van der Waals surface area contributed by atoms with Gasteiger partial charge >= 0.3 is 12.1 Å². The van der Waals surface area contributed by atoms with Crippen molar-refractivity contribution in [2.24, 2.45) is 0 Å². The molecule has 0 aliphatic carbocycles. The van der Waals surface area contributed by atoms with Crippen LogP contribution in [0.1, 0.15) is 35.7 Å². The zero-order chi connectivity index (χ0) is 23.8. The molecular formula is C22H19F3N6O2. The van der Waals surface area contributed by atoms with Gasteiger partial charge in [-0.15, -0.1) is 0 Å². The third-order valence-electron chi connectivity index (χ3n) is 5.38. The molecule has 33 heavy (non-hydrogen) atoms. The van der Waals surface area contributed by atoms with Crippen LogP contribution in [0.15, 0.2) is 47.1 Å². The molecule has 0 spiro atoms. The number of hydrogen-bond acceptors (Lipinski definition) is 7. The van der Waals surface area contributed by atoms with Gasteiger partial charge in [0.15, 0.2) is 0 Å². The molecule has 0 N–H and O–H groups in total. The van der Waals surface area contributed by atoms with Crippen LogP contribution in [-0.4, -0.2) is 51.1 Å². The maximum atomic E-state index is 13.2. The fraction of sp³-hybridized carbons (Fsp3) is 0.318. The molecule has 0 saturated carbocycles. The summed E-state index contributed by atoms with van der Waals surface area (Å²) in [6.07, 6.45) is -3.23. The van der Waals surface area contributed by atoms with Crippen molar-refractivity contribution in [2.75, 3.05) is 24.5 Å². The number of carbonyl (C=O) groups excluding carboxylic acids is 1. The van der Waals surface area contributed by atoms with Crippen molar-refractivity contribution in [3.63, 3.8) is 0 Å². The van der Waals surface area contributed by atoms with E-state index < -0.39 is 17.6 Å². The second-order valence-corrected chi connectivity index (χ2v) is 8.21. The van der Waals surface area contributed by atoms with Crippen LogP contribution in [0.2, 0.25) is 0 Å². The molecule has 0 atom stereocenters. The number of alkyl halides is 3. The summed E-state index contributed by atoms with van der Waals surface area (Å²) in [5, 5.41) is 12.3. The number of benzene rings is 1. The lowest BCUT2D eigenvalue weighted by Crippen LogP contribution is -2.61. The van der Waals surface area contributed by atoms with E-state index >= 15 is 0 Å². The van der Waals surface area contributed by atoms with Gasteiger partial charge in [0.25, 0.3) is 5.91 Å². The Bertz CT molecular complexity index is 1210. The SMILES string of the molecule is CC1(C)CN(C(=O)c2cccc(-c3noc(C(F)(F)F)n3)c2)CCN1c1ccc(C#N)cn1. The van der Waals surface area contributed by atoms with Gasteiger partial charge in [-0.2, -0.15) is 23.4 Å². The molecule has 11 heteroatoms. The zero-order valence-corrected chi connectivity index (χ0v) is 17.8. The summed E-state index contributed by atoms with van der Waals surface area (Å²) >= 11 is 0. The van der Waals surface area contributed by atoms with Crippen molar-refractivity contribution in [2.45, 2.75) is 25.6 Å². The first-order chi connectivity index (χ1) is 15.6. The number of nitriles is 1. The highest BCUT2D eigenvalue weighted by molar-refractivity contribution is 5.95. The van der Waals surface area contributed by atoms with Crippen LogP contribution < -0.4 is 4.90 Å². The topological polar surface area (TPSA) is 99.2 Å². The quantitative estimate of drug-likeness (QED) is 0.592. The standard InChI is InChI=1S/C22H19F3N6O2/c1-21(2)13-30(8-9-31(21)17-7-6-14(11-26)12-27-17)19(32)16-5-3-4-15(10-16)18-28-20(33-29-18)22(23,24)25/h3-7,10,12H,8-9,13H2,1-2H3. The smallest absolute Gasteiger partial charge is 0.348 e. The first-order valence-electron chi connectivity index (χ1n) is 10.0. The minimum Gasteiger partial charge on any atom is -0.348 e. The summed E-state index contributed by atoms with van der Waals surface area (Å²) in [5.74, 6) is -1.22. The summed E-state index contributed by atoms with van der Waals surface area (Å²) in [6, 6.07) is 11.6. The number of pyridine rings is 1. The van der Waals surface area contributed by atoms with Crippen LogP contribution in [0.25, 0.3) is 11.4 Å². The molecule has 4 rings (SSSR count). The zero-order valence-electron chi connectivity index (χ0n) is 17.8. The average Bonchev–Trinajstić information content (AvgIpc) is 3.29. The van der Waals surface area contributed by atoms with Gasteiger partial charge in [-0.25, -0.2) is 4.98 Å². The predicted octanol–water partition coefficient (Wildman–Crippen LogP) is 3.76. The number of nitrogens with zero attached hydrogens (tertiary/aromatic N) is 6. The molecule has 0 radical (unpaired) electrons. The van der Waals surface area contributed by atoms with E-state index in [4.69, 9.17) is 5.26 Å². The Morgan fingerprint density at radius 3 is 2.61 bits per heavy atom. The number of amides is 1. The third-order valence-corrected chi connectivity index (χ3v) is 5.38. The molecule has 2 aromatic heterocycles. The highest BCUT2D eigenvalue weighted by Crippen LogP contribution is 2.30. The largest absolute Gasteiger partial charge is 0.471 e. The van der Waals surface area contributed by atoms with Gasteiger partial charge < -0.3 is 14.3 Å². The Morgan fingerprint density at radius 2 is 2.00 bits per heavy atom. The Morgan fingerprint density at radius 1 is 1.21 bits per heavy atom. The highest BCUT2D eigenvalue weighted by Gasteiger charge is 2.39. The number of anilines is 1. The van der Waals surface area contributed by atoms with Gasteiger partial charge in [-0.05, 0) is 38.1 Å². The van der Waals surface area contributed by atoms with Gasteiger partial charge in [0.2, 0.25) is 5.82 Å². The number of rotatable bonds is 3. The lowest BCUT2D eigenvalue weighted by atomic mass is 9.97. The van der Waals surface area contributed by atoms with E-state index in [0.717, 1.165) is 0 Å². The van der Waals surface area contributed by atoms with Crippen LogP contribution in [0.5, 0.6) is 0 Å². The van der Waals surface area contributed by atoms with E-state index in [0.29, 0.717) is 36.6 Å².